The van der Waals surface area contributed by atoms with Gasteiger partial charge in [-0.1, -0.05) is 0 Å². The number of hydrogen-bond donors (Lipinski definition) is 4. The van der Waals surface area contributed by atoms with Crippen LogP contribution in [0.3, 0.4) is 0 Å². The molecule has 54 valence electrons. The van der Waals surface area contributed by atoms with Gasteiger partial charge in [-0.25, -0.2) is 0 Å². The van der Waals surface area contributed by atoms with Gasteiger partial charge in [0.1, 0.15) is 0 Å². The number of nitrogens with two attached hydrogens (primary N) is 2. The molecule has 1 atom stereocenters. The number of carbonyl (C=O) groups is 1. The number of primary amides is 1. The maximum absolute atomic E-state index is 10.2. The molecule has 0 aliphatic rings. The third-order valence-electron chi connectivity index (χ3n) is 1.06. The Labute approximate surface area is 52.3 Å². The molecule has 0 saturated carbocycles. The lowest BCUT2D eigenvalue weighted by atomic mass is 10.1. The number of aliphatic hydroxyl groups excluding tert-OH is 1. The number of aliphatic hydroxyl groups is 2. The molecule has 0 spiro atoms. The lowest BCUT2D eigenvalue weighted by Gasteiger charge is -2.18. The zero-order valence-electron chi connectivity index (χ0n) is 4.87. The van der Waals surface area contributed by atoms with Gasteiger partial charge >= 0.3 is 0 Å². The van der Waals surface area contributed by atoms with Crippen LogP contribution >= 0.6 is 0 Å². The monoisotopic (exact) mass is 134 g/mol. The zero-order valence-corrected chi connectivity index (χ0v) is 4.87. The molecule has 0 saturated heterocycles. The van der Waals surface area contributed by atoms with Crippen molar-refractivity contribution in [3.05, 3.63) is 0 Å². The molecule has 0 aliphatic heterocycles. The van der Waals surface area contributed by atoms with Crippen LogP contribution in [0.4, 0.5) is 0 Å². The largest absolute Gasteiger partial charge is 0.393 e. The molecular weight excluding hydrogens is 124 g/mol. The fourth-order valence-corrected chi connectivity index (χ4v) is 0.243. The minimum Gasteiger partial charge on any atom is -0.393 e. The van der Waals surface area contributed by atoms with Crippen molar-refractivity contribution < 1.29 is 15.0 Å². The first-order valence-corrected chi connectivity index (χ1v) is 2.40. The van der Waals surface area contributed by atoms with Crippen molar-refractivity contribution in [3.8, 4) is 0 Å². The van der Waals surface area contributed by atoms with Crippen molar-refractivity contribution in [3.63, 3.8) is 0 Å². The van der Waals surface area contributed by atoms with Crippen LogP contribution in [-0.2, 0) is 4.79 Å². The van der Waals surface area contributed by atoms with Gasteiger partial charge < -0.3 is 21.7 Å². The lowest BCUT2D eigenvalue weighted by molar-refractivity contribution is -0.139. The summed E-state index contributed by atoms with van der Waals surface area (Å²) in [5, 5.41) is 17.2. The lowest BCUT2D eigenvalue weighted by Crippen LogP contribution is -2.52. The van der Waals surface area contributed by atoms with Crippen LogP contribution in [0.5, 0.6) is 0 Å². The standard InChI is InChI=1S/C4H10N2O3/c5-1-4(9,2-7)3(6)8/h7,9H,1-2,5H2,(H2,6,8). The van der Waals surface area contributed by atoms with E-state index in [4.69, 9.17) is 15.9 Å². The average molecular weight is 134 g/mol. The van der Waals surface area contributed by atoms with Crippen molar-refractivity contribution in [1.29, 1.82) is 0 Å². The maximum atomic E-state index is 10.2. The van der Waals surface area contributed by atoms with Crippen molar-refractivity contribution in [1.82, 2.24) is 0 Å². The Kier molecular flexibility index (Phi) is 2.57. The summed E-state index contributed by atoms with van der Waals surface area (Å²) in [6, 6.07) is 0. The number of amides is 1. The summed E-state index contributed by atoms with van der Waals surface area (Å²) in [6.07, 6.45) is 0. The Balaban J connectivity index is 4.09. The Morgan fingerprint density at radius 1 is 1.67 bits per heavy atom. The molecule has 0 rings (SSSR count). The minimum atomic E-state index is -1.94. The SMILES string of the molecule is NCC(O)(CO)C(N)=O. The molecule has 5 nitrogen and oxygen atoms in total. The molecule has 0 aromatic rings. The van der Waals surface area contributed by atoms with Crippen LogP contribution in [0.25, 0.3) is 0 Å². The Morgan fingerprint density at radius 3 is 2.11 bits per heavy atom. The van der Waals surface area contributed by atoms with E-state index in [0.29, 0.717) is 0 Å². The van der Waals surface area contributed by atoms with Crippen LogP contribution in [0.2, 0.25) is 0 Å². The second kappa shape index (κ2) is 2.77. The number of hydrogen-bond acceptors (Lipinski definition) is 4. The molecule has 0 heterocycles. The van der Waals surface area contributed by atoms with E-state index in [9.17, 15) is 4.79 Å². The van der Waals surface area contributed by atoms with Gasteiger partial charge in [0.15, 0.2) is 5.60 Å². The topological polar surface area (TPSA) is 110 Å². The van der Waals surface area contributed by atoms with Gasteiger partial charge in [0.2, 0.25) is 0 Å². The zero-order chi connectivity index (χ0) is 7.49. The third kappa shape index (κ3) is 1.63. The van der Waals surface area contributed by atoms with Gasteiger partial charge in [-0.15, -0.1) is 0 Å². The molecule has 9 heavy (non-hydrogen) atoms. The second-order valence-electron chi connectivity index (χ2n) is 1.76. The van der Waals surface area contributed by atoms with E-state index in [1.54, 1.807) is 0 Å². The third-order valence-corrected chi connectivity index (χ3v) is 1.06. The highest BCUT2D eigenvalue weighted by Crippen LogP contribution is 1.97. The van der Waals surface area contributed by atoms with Crippen molar-refractivity contribution in [2.45, 2.75) is 5.60 Å². The predicted octanol–water partition coefficient (Wildman–Crippen LogP) is -2.85. The van der Waals surface area contributed by atoms with Crippen LogP contribution in [0.15, 0.2) is 0 Å². The van der Waals surface area contributed by atoms with Gasteiger partial charge in [-0.2, -0.15) is 0 Å². The van der Waals surface area contributed by atoms with Crippen LogP contribution < -0.4 is 11.5 Å². The van der Waals surface area contributed by atoms with Gasteiger partial charge in [0, 0.05) is 6.54 Å². The molecule has 0 aromatic carbocycles. The number of rotatable bonds is 3. The van der Waals surface area contributed by atoms with Crippen molar-refractivity contribution >= 4 is 5.91 Å². The summed E-state index contributed by atoms with van der Waals surface area (Å²) in [5.41, 5.74) is 7.63. The van der Waals surface area contributed by atoms with E-state index in [-0.39, 0.29) is 6.54 Å². The molecule has 0 fully saturated rings. The predicted molar refractivity (Wildman–Crippen MR) is 30.3 cm³/mol. The molecular formula is C4H10N2O3. The average Bonchev–Trinajstić information content (AvgIpc) is 1.86. The summed E-state index contributed by atoms with van der Waals surface area (Å²) in [7, 11) is 0. The summed E-state index contributed by atoms with van der Waals surface area (Å²) in [6.45, 7) is -1.10. The summed E-state index contributed by atoms with van der Waals surface area (Å²) < 4.78 is 0. The van der Waals surface area contributed by atoms with E-state index in [2.05, 4.69) is 5.73 Å². The normalized spacial score (nSPS) is 16.8. The molecule has 0 bridgehead atoms. The Morgan fingerprint density at radius 2 is 2.11 bits per heavy atom. The van der Waals surface area contributed by atoms with E-state index in [1.807, 2.05) is 0 Å². The summed E-state index contributed by atoms with van der Waals surface area (Å²) in [5.74, 6) is -1.01. The minimum absolute atomic E-state index is 0.362. The molecule has 0 radical (unpaired) electrons. The summed E-state index contributed by atoms with van der Waals surface area (Å²) >= 11 is 0. The Bertz CT molecular complexity index is 110. The van der Waals surface area contributed by atoms with Gasteiger partial charge in [-0.05, 0) is 0 Å². The molecule has 6 N–H and O–H groups in total. The van der Waals surface area contributed by atoms with E-state index >= 15 is 0 Å². The fourth-order valence-electron chi connectivity index (χ4n) is 0.243. The fraction of sp³-hybridized carbons (Fsp3) is 0.750. The highest BCUT2D eigenvalue weighted by Gasteiger charge is 2.30. The molecule has 1 unspecified atom stereocenters. The number of carbonyl (C=O) groups excluding carboxylic acids is 1. The Hall–Kier alpha value is -0.650. The quantitative estimate of drug-likeness (QED) is 0.333. The van der Waals surface area contributed by atoms with E-state index in [1.165, 1.54) is 0 Å². The molecule has 0 aromatic heterocycles. The second-order valence-corrected chi connectivity index (χ2v) is 1.76. The maximum Gasteiger partial charge on any atom is 0.253 e. The first-order valence-electron chi connectivity index (χ1n) is 2.40. The van der Waals surface area contributed by atoms with Gasteiger partial charge in [-0.3, -0.25) is 4.79 Å². The summed E-state index contributed by atoms with van der Waals surface area (Å²) in [4.78, 5) is 10.2. The van der Waals surface area contributed by atoms with Crippen LogP contribution in [-0.4, -0.2) is 34.9 Å². The van der Waals surface area contributed by atoms with Crippen LogP contribution in [0, 0.1) is 0 Å². The van der Waals surface area contributed by atoms with Gasteiger partial charge in [0.05, 0.1) is 6.61 Å². The highest BCUT2D eigenvalue weighted by molar-refractivity contribution is 5.83. The van der Waals surface area contributed by atoms with E-state index in [0.717, 1.165) is 0 Å². The molecule has 5 heteroatoms. The van der Waals surface area contributed by atoms with Crippen molar-refractivity contribution in [2.24, 2.45) is 11.5 Å². The van der Waals surface area contributed by atoms with Crippen LogP contribution in [0.1, 0.15) is 0 Å². The molecule has 1 amide bonds. The smallest absolute Gasteiger partial charge is 0.253 e. The highest BCUT2D eigenvalue weighted by atomic mass is 16.3. The first kappa shape index (κ1) is 8.35. The van der Waals surface area contributed by atoms with E-state index < -0.39 is 18.1 Å². The van der Waals surface area contributed by atoms with Crippen molar-refractivity contribution in [2.75, 3.05) is 13.2 Å². The first-order chi connectivity index (χ1) is 4.06. The van der Waals surface area contributed by atoms with Gasteiger partial charge in [0.25, 0.3) is 5.91 Å². The molecule has 0 aliphatic carbocycles.